The van der Waals surface area contributed by atoms with Gasteiger partial charge in [0.05, 0.1) is 11.4 Å². The molecule has 0 radical (unpaired) electrons. The second-order valence-corrected chi connectivity index (χ2v) is 8.20. The van der Waals surface area contributed by atoms with E-state index >= 15 is 0 Å². The first-order chi connectivity index (χ1) is 13.7. The van der Waals surface area contributed by atoms with Crippen molar-refractivity contribution >= 4 is 21.9 Å². The summed E-state index contributed by atoms with van der Waals surface area (Å²) in [5, 5.41) is 11.5. The van der Waals surface area contributed by atoms with E-state index < -0.39 is 10.0 Å². The first-order valence-corrected chi connectivity index (χ1v) is 10.7. The second-order valence-electron chi connectivity index (χ2n) is 6.63. The molecule has 0 spiro atoms. The largest absolute Gasteiger partial charge is 0.357 e. The van der Waals surface area contributed by atoms with E-state index in [1.54, 1.807) is 38.4 Å². The van der Waals surface area contributed by atoms with Crippen LogP contribution in [-0.4, -0.2) is 45.8 Å². The van der Waals surface area contributed by atoms with Gasteiger partial charge in [-0.25, -0.2) is 18.5 Å². The van der Waals surface area contributed by atoms with Crippen LogP contribution in [0, 0.1) is 0 Å². The van der Waals surface area contributed by atoms with Crippen molar-refractivity contribution in [3.05, 3.63) is 65.2 Å². The lowest BCUT2D eigenvalue weighted by atomic mass is 10.1. The number of benzene rings is 2. The topological polar surface area (TPSA) is 117 Å². The average molecular weight is 418 g/mol. The van der Waals surface area contributed by atoms with Crippen molar-refractivity contribution in [2.45, 2.75) is 24.9 Å². The SMILES string of the molecule is CCNC(=NCc1ccc(C(=O)N(C)C)cc1)NCc1ccc(S(N)(=O)=O)cc1. The lowest BCUT2D eigenvalue weighted by Gasteiger charge is -2.12. The molecule has 0 fully saturated rings. The molecule has 0 heterocycles. The smallest absolute Gasteiger partial charge is 0.253 e. The maximum Gasteiger partial charge on any atom is 0.253 e. The third-order valence-corrected chi connectivity index (χ3v) is 5.01. The van der Waals surface area contributed by atoms with Gasteiger partial charge in [-0.15, -0.1) is 0 Å². The Kier molecular flexibility index (Phi) is 7.74. The number of amides is 1. The molecule has 4 N–H and O–H groups in total. The standard InChI is InChI=1S/C20H27N5O3S/c1-4-22-20(24-14-16-7-11-18(12-8-16)29(21,27)28)23-13-15-5-9-17(10-6-15)19(26)25(2)3/h5-12H,4,13-14H2,1-3H3,(H2,21,27,28)(H2,22,23,24). The van der Waals surface area contributed by atoms with Crippen LogP contribution in [0.5, 0.6) is 0 Å². The van der Waals surface area contributed by atoms with Crippen molar-refractivity contribution in [3.8, 4) is 0 Å². The van der Waals surface area contributed by atoms with Crippen LogP contribution in [0.4, 0.5) is 0 Å². The van der Waals surface area contributed by atoms with Crippen LogP contribution in [0.15, 0.2) is 58.4 Å². The van der Waals surface area contributed by atoms with Gasteiger partial charge in [-0.1, -0.05) is 24.3 Å². The van der Waals surface area contributed by atoms with Crippen molar-refractivity contribution in [1.29, 1.82) is 0 Å². The summed E-state index contributed by atoms with van der Waals surface area (Å²) in [6, 6.07) is 13.7. The molecule has 2 aromatic carbocycles. The van der Waals surface area contributed by atoms with Crippen molar-refractivity contribution in [2.24, 2.45) is 10.1 Å². The molecular weight excluding hydrogens is 390 g/mol. The fourth-order valence-corrected chi connectivity index (χ4v) is 3.02. The molecule has 0 unspecified atom stereocenters. The van der Waals surface area contributed by atoms with Gasteiger partial charge in [-0.05, 0) is 42.3 Å². The number of primary sulfonamides is 1. The molecule has 0 bridgehead atoms. The molecule has 2 rings (SSSR count). The quantitative estimate of drug-likeness (QED) is 0.464. The van der Waals surface area contributed by atoms with E-state index in [2.05, 4.69) is 15.6 Å². The maximum atomic E-state index is 11.9. The lowest BCUT2D eigenvalue weighted by Crippen LogP contribution is -2.36. The number of hydrogen-bond donors (Lipinski definition) is 3. The van der Waals surface area contributed by atoms with E-state index in [4.69, 9.17) is 5.14 Å². The van der Waals surface area contributed by atoms with Gasteiger partial charge in [0.15, 0.2) is 5.96 Å². The van der Waals surface area contributed by atoms with Gasteiger partial charge in [0.2, 0.25) is 10.0 Å². The summed E-state index contributed by atoms with van der Waals surface area (Å²) in [6.07, 6.45) is 0. The molecule has 2 aromatic rings. The maximum absolute atomic E-state index is 11.9. The highest BCUT2D eigenvalue weighted by Crippen LogP contribution is 2.09. The predicted octanol–water partition coefficient (Wildman–Crippen LogP) is 1.29. The van der Waals surface area contributed by atoms with E-state index in [0.29, 0.717) is 31.2 Å². The minimum Gasteiger partial charge on any atom is -0.357 e. The number of sulfonamides is 1. The van der Waals surface area contributed by atoms with Crippen molar-refractivity contribution < 1.29 is 13.2 Å². The van der Waals surface area contributed by atoms with E-state index in [-0.39, 0.29) is 10.8 Å². The van der Waals surface area contributed by atoms with Gasteiger partial charge < -0.3 is 15.5 Å². The van der Waals surface area contributed by atoms with E-state index in [1.165, 1.54) is 17.0 Å². The van der Waals surface area contributed by atoms with Gasteiger partial charge in [0.1, 0.15) is 0 Å². The Morgan fingerprint density at radius 2 is 1.59 bits per heavy atom. The van der Waals surface area contributed by atoms with Crippen LogP contribution in [-0.2, 0) is 23.1 Å². The van der Waals surface area contributed by atoms with Crippen LogP contribution in [0.1, 0.15) is 28.4 Å². The summed E-state index contributed by atoms with van der Waals surface area (Å²) in [7, 11) is -0.253. The molecule has 29 heavy (non-hydrogen) atoms. The number of carbonyl (C=O) groups is 1. The molecule has 0 aliphatic heterocycles. The minimum atomic E-state index is -3.69. The molecule has 1 amide bonds. The molecule has 156 valence electrons. The number of guanidine groups is 1. The lowest BCUT2D eigenvalue weighted by molar-refractivity contribution is 0.0827. The molecule has 0 aliphatic carbocycles. The zero-order valence-corrected chi connectivity index (χ0v) is 17.7. The van der Waals surface area contributed by atoms with E-state index in [0.717, 1.165) is 11.1 Å². The molecular formula is C20H27N5O3S. The number of nitrogens with zero attached hydrogens (tertiary/aromatic N) is 2. The van der Waals surface area contributed by atoms with Crippen LogP contribution < -0.4 is 15.8 Å². The number of aliphatic imine (C=N–C) groups is 1. The van der Waals surface area contributed by atoms with Crippen LogP contribution >= 0.6 is 0 Å². The average Bonchev–Trinajstić information content (AvgIpc) is 2.69. The van der Waals surface area contributed by atoms with E-state index in [9.17, 15) is 13.2 Å². The number of rotatable bonds is 7. The number of carbonyl (C=O) groups excluding carboxylic acids is 1. The summed E-state index contributed by atoms with van der Waals surface area (Å²) >= 11 is 0. The molecule has 0 aliphatic rings. The van der Waals surface area contributed by atoms with Crippen LogP contribution in [0.25, 0.3) is 0 Å². The molecule has 0 saturated heterocycles. The number of nitrogens with one attached hydrogen (secondary N) is 2. The Morgan fingerprint density at radius 1 is 1.00 bits per heavy atom. The predicted molar refractivity (Wildman–Crippen MR) is 114 cm³/mol. The van der Waals surface area contributed by atoms with Crippen molar-refractivity contribution in [1.82, 2.24) is 15.5 Å². The van der Waals surface area contributed by atoms with Gasteiger partial charge in [0, 0.05) is 32.7 Å². The highest BCUT2D eigenvalue weighted by Gasteiger charge is 2.08. The minimum absolute atomic E-state index is 0.0384. The number of hydrogen-bond acceptors (Lipinski definition) is 4. The monoisotopic (exact) mass is 417 g/mol. The Bertz CT molecular complexity index is 953. The fraction of sp³-hybridized carbons (Fsp3) is 0.300. The summed E-state index contributed by atoms with van der Waals surface area (Å²) < 4.78 is 22.6. The van der Waals surface area contributed by atoms with Gasteiger partial charge in [0.25, 0.3) is 5.91 Å². The molecule has 9 heteroatoms. The van der Waals surface area contributed by atoms with Crippen molar-refractivity contribution in [2.75, 3.05) is 20.6 Å². The third-order valence-electron chi connectivity index (χ3n) is 4.08. The summed E-state index contributed by atoms with van der Waals surface area (Å²) in [5.74, 6) is 0.597. The van der Waals surface area contributed by atoms with Crippen LogP contribution in [0.2, 0.25) is 0 Å². The summed E-state index contributed by atoms with van der Waals surface area (Å²) in [6.45, 7) is 3.61. The van der Waals surface area contributed by atoms with Gasteiger partial charge in [-0.2, -0.15) is 0 Å². The van der Waals surface area contributed by atoms with Crippen molar-refractivity contribution in [3.63, 3.8) is 0 Å². The molecule has 0 aromatic heterocycles. The van der Waals surface area contributed by atoms with Gasteiger partial charge in [-0.3, -0.25) is 4.79 Å². The summed E-state index contributed by atoms with van der Waals surface area (Å²) in [5.41, 5.74) is 2.51. The van der Waals surface area contributed by atoms with Gasteiger partial charge >= 0.3 is 0 Å². The highest BCUT2D eigenvalue weighted by atomic mass is 32.2. The molecule has 0 saturated carbocycles. The summed E-state index contributed by atoms with van der Waals surface area (Å²) in [4.78, 5) is 18.1. The zero-order chi connectivity index (χ0) is 21.4. The third kappa shape index (κ3) is 6.88. The first-order valence-electron chi connectivity index (χ1n) is 9.15. The number of nitrogens with two attached hydrogens (primary N) is 1. The highest BCUT2D eigenvalue weighted by molar-refractivity contribution is 7.89. The van der Waals surface area contributed by atoms with E-state index in [1.807, 2.05) is 19.1 Å². The first kappa shape index (κ1) is 22.4. The zero-order valence-electron chi connectivity index (χ0n) is 16.8. The molecule has 8 nitrogen and oxygen atoms in total. The Balaban J connectivity index is 2.00. The second kappa shape index (κ2) is 10.0. The Morgan fingerprint density at radius 3 is 2.10 bits per heavy atom. The fourth-order valence-electron chi connectivity index (χ4n) is 2.51. The normalized spacial score (nSPS) is 11.8. The Hall–Kier alpha value is -2.91. The Labute approximate surface area is 171 Å². The van der Waals surface area contributed by atoms with Crippen LogP contribution in [0.3, 0.4) is 0 Å². The molecule has 0 atom stereocenters.